The lowest BCUT2D eigenvalue weighted by Gasteiger charge is -2.29. The van der Waals surface area contributed by atoms with Crippen molar-refractivity contribution in [3.63, 3.8) is 0 Å². The Labute approximate surface area is 98.8 Å². The van der Waals surface area contributed by atoms with Crippen LogP contribution in [0.3, 0.4) is 0 Å². The quantitative estimate of drug-likeness (QED) is 0.829. The molecular weight excluding hydrogens is 198 g/mol. The predicted molar refractivity (Wildman–Crippen MR) is 68.7 cm³/mol. The van der Waals surface area contributed by atoms with E-state index in [1.807, 2.05) is 12.1 Å². The van der Waals surface area contributed by atoms with E-state index < -0.39 is 0 Å². The first kappa shape index (κ1) is 13.0. The third-order valence-corrected chi connectivity index (χ3v) is 3.43. The van der Waals surface area contributed by atoms with Gasteiger partial charge in [-0.25, -0.2) is 0 Å². The number of hydrogen-bond donors (Lipinski definition) is 1. The molecule has 2 N–H and O–H groups in total. The lowest BCUT2D eigenvalue weighted by atomic mass is 9.84. The van der Waals surface area contributed by atoms with E-state index in [4.69, 9.17) is 10.5 Å². The first-order valence-corrected chi connectivity index (χ1v) is 5.87. The fraction of sp³-hybridized carbons (Fsp3) is 0.571. The lowest BCUT2D eigenvalue weighted by Crippen LogP contribution is -2.42. The van der Waals surface area contributed by atoms with Crippen LogP contribution < -0.4 is 10.5 Å². The lowest BCUT2D eigenvalue weighted by molar-refractivity contribution is 0.317. The number of hydrogen-bond acceptors (Lipinski definition) is 2. The zero-order chi connectivity index (χ0) is 12.2. The molecule has 1 aromatic rings. The van der Waals surface area contributed by atoms with E-state index in [0.29, 0.717) is 5.92 Å². The Hall–Kier alpha value is -1.02. The van der Waals surface area contributed by atoms with Gasteiger partial charge in [0.2, 0.25) is 0 Å². The van der Waals surface area contributed by atoms with Crippen molar-refractivity contribution >= 4 is 0 Å². The first-order valence-electron chi connectivity index (χ1n) is 5.87. The Balaban J connectivity index is 2.54. The Morgan fingerprint density at radius 1 is 1.25 bits per heavy atom. The van der Waals surface area contributed by atoms with Gasteiger partial charge < -0.3 is 10.5 Å². The number of methoxy groups -OCH3 is 1. The number of rotatable bonds is 5. The third kappa shape index (κ3) is 3.53. The van der Waals surface area contributed by atoms with Crippen LogP contribution in [0.1, 0.15) is 32.8 Å². The van der Waals surface area contributed by atoms with Crippen LogP contribution in [0.4, 0.5) is 0 Å². The second-order valence-electron chi connectivity index (χ2n) is 5.01. The summed E-state index contributed by atoms with van der Waals surface area (Å²) in [5, 5.41) is 0. The fourth-order valence-corrected chi connectivity index (χ4v) is 1.49. The monoisotopic (exact) mass is 221 g/mol. The molecule has 16 heavy (non-hydrogen) atoms. The second kappa shape index (κ2) is 5.35. The van der Waals surface area contributed by atoms with Gasteiger partial charge in [0.1, 0.15) is 5.75 Å². The molecule has 0 aliphatic carbocycles. The van der Waals surface area contributed by atoms with Gasteiger partial charge in [-0.3, -0.25) is 0 Å². The summed E-state index contributed by atoms with van der Waals surface area (Å²) in [5.41, 5.74) is 7.47. The minimum atomic E-state index is -0.0834. The highest BCUT2D eigenvalue weighted by Gasteiger charge is 2.22. The van der Waals surface area contributed by atoms with E-state index >= 15 is 0 Å². The molecule has 2 nitrogen and oxygen atoms in total. The minimum Gasteiger partial charge on any atom is -0.497 e. The van der Waals surface area contributed by atoms with Gasteiger partial charge >= 0.3 is 0 Å². The molecule has 0 radical (unpaired) electrons. The highest BCUT2D eigenvalue weighted by atomic mass is 16.5. The number of ether oxygens (including phenoxy) is 1. The maximum absolute atomic E-state index is 6.24. The number of benzene rings is 1. The average molecular weight is 221 g/mol. The first-order chi connectivity index (χ1) is 7.45. The van der Waals surface area contributed by atoms with Crippen LogP contribution in [0, 0.1) is 5.92 Å². The van der Waals surface area contributed by atoms with Gasteiger partial charge in [0, 0.05) is 5.54 Å². The molecule has 1 unspecified atom stereocenters. The topological polar surface area (TPSA) is 35.2 Å². The largest absolute Gasteiger partial charge is 0.497 e. The predicted octanol–water partition coefficient (Wildman–Crippen LogP) is 3.00. The number of nitrogens with two attached hydrogens (primary N) is 1. The van der Waals surface area contributed by atoms with Crippen LogP contribution in [-0.4, -0.2) is 12.6 Å². The molecule has 1 rings (SSSR count). The standard InChI is InChI=1S/C14H23NO/c1-11(2)14(3,15)10-9-12-5-7-13(16-4)8-6-12/h5-8,11H,9-10,15H2,1-4H3. The highest BCUT2D eigenvalue weighted by molar-refractivity contribution is 5.27. The van der Waals surface area contributed by atoms with Gasteiger partial charge in [-0.15, -0.1) is 0 Å². The summed E-state index contributed by atoms with van der Waals surface area (Å²) in [6, 6.07) is 8.21. The third-order valence-electron chi connectivity index (χ3n) is 3.43. The molecule has 0 saturated carbocycles. The molecule has 0 bridgehead atoms. The maximum Gasteiger partial charge on any atom is 0.118 e. The summed E-state index contributed by atoms with van der Waals surface area (Å²) in [7, 11) is 1.69. The van der Waals surface area contributed by atoms with Gasteiger partial charge in [0.15, 0.2) is 0 Å². The summed E-state index contributed by atoms with van der Waals surface area (Å²) in [4.78, 5) is 0. The molecule has 1 atom stereocenters. The van der Waals surface area contributed by atoms with Crippen LogP contribution in [0.15, 0.2) is 24.3 Å². The highest BCUT2D eigenvalue weighted by Crippen LogP contribution is 2.21. The molecule has 0 aliphatic rings. The molecule has 0 amide bonds. The maximum atomic E-state index is 6.24. The summed E-state index contributed by atoms with van der Waals surface area (Å²) >= 11 is 0. The van der Waals surface area contributed by atoms with Gasteiger partial charge in [-0.05, 0) is 43.4 Å². The van der Waals surface area contributed by atoms with Crippen molar-refractivity contribution in [2.45, 2.75) is 39.2 Å². The van der Waals surface area contributed by atoms with E-state index in [1.54, 1.807) is 7.11 Å². The van der Waals surface area contributed by atoms with Crippen molar-refractivity contribution in [1.29, 1.82) is 0 Å². The van der Waals surface area contributed by atoms with Crippen molar-refractivity contribution in [3.8, 4) is 5.75 Å². The van der Waals surface area contributed by atoms with E-state index in [1.165, 1.54) is 5.56 Å². The molecule has 2 heteroatoms. The Bertz CT molecular complexity index is 314. The van der Waals surface area contributed by atoms with Crippen molar-refractivity contribution in [1.82, 2.24) is 0 Å². The van der Waals surface area contributed by atoms with E-state index in [2.05, 4.69) is 32.9 Å². The molecule has 0 aromatic heterocycles. The summed E-state index contributed by atoms with van der Waals surface area (Å²) < 4.78 is 5.13. The smallest absolute Gasteiger partial charge is 0.118 e. The van der Waals surface area contributed by atoms with Crippen molar-refractivity contribution in [2.24, 2.45) is 11.7 Å². The molecular formula is C14H23NO. The van der Waals surface area contributed by atoms with Crippen LogP contribution >= 0.6 is 0 Å². The Morgan fingerprint density at radius 2 is 1.81 bits per heavy atom. The SMILES string of the molecule is COc1ccc(CCC(C)(N)C(C)C)cc1. The van der Waals surface area contributed by atoms with Crippen molar-refractivity contribution < 1.29 is 4.74 Å². The molecule has 1 aromatic carbocycles. The van der Waals surface area contributed by atoms with Crippen LogP contribution in [0.25, 0.3) is 0 Å². The molecule has 0 saturated heterocycles. The van der Waals surface area contributed by atoms with Gasteiger partial charge in [0.25, 0.3) is 0 Å². The number of aryl methyl sites for hydroxylation is 1. The van der Waals surface area contributed by atoms with Crippen LogP contribution in [0.2, 0.25) is 0 Å². The Morgan fingerprint density at radius 3 is 2.25 bits per heavy atom. The minimum absolute atomic E-state index is 0.0834. The van der Waals surface area contributed by atoms with Crippen molar-refractivity contribution in [3.05, 3.63) is 29.8 Å². The van der Waals surface area contributed by atoms with Crippen molar-refractivity contribution in [2.75, 3.05) is 7.11 Å². The fourth-order valence-electron chi connectivity index (χ4n) is 1.49. The van der Waals surface area contributed by atoms with Gasteiger partial charge in [-0.2, -0.15) is 0 Å². The van der Waals surface area contributed by atoms with E-state index in [9.17, 15) is 0 Å². The summed E-state index contributed by atoms with van der Waals surface area (Å²) in [6.07, 6.45) is 2.03. The van der Waals surface area contributed by atoms with E-state index in [0.717, 1.165) is 18.6 Å². The molecule has 0 aliphatic heterocycles. The molecule has 0 spiro atoms. The average Bonchev–Trinajstić information content (AvgIpc) is 2.27. The summed E-state index contributed by atoms with van der Waals surface area (Å²) in [5.74, 6) is 1.41. The zero-order valence-electron chi connectivity index (χ0n) is 10.8. The summed E-state index contributed by atoms with van der Waals surface area (Å²) in [6.45, 7) is 6.48. The Kier molecular flexibility index (Phi) is 4.36. The zero-order valence-corrected chi connectivity index (χ0v) is 10.8. The van der Waals surface area contributed by atoms with Gasteiger partial charge in [-0.1, -0.05) is 26.0 Å². The van der Waals surface area contributed by atoms with Crippen LogP contribution in [-0.2, 0) is 6.42 Å². The molecule has 0 heterocycles. The van der Waals surface area contributed by atoms with E-state index in [-0.39, 0.29) is 5.54 Å². The second-order valence-corrected chi connectivity index (χ2v) is 5.01. The normalized spacial score (nSPS) is 14.9. The van der Waals surface area contributed by atoms with Gasteiger partial charge in [0.05, 0.1) is 7.11 Å². The van der Waals surface area contributed by atoms with Crippen LogP contribution in [0.5, 0.6) is 5.75 Å². The molecule has 0 fully saturated rings. The molecule has 90 valence electrons.